The third-order valence-electron chi connectivity index (χ3n) is 4.35. The van der Waals surface area contributed by atoms with Crippen molar-refractivity contribution in [2.24, 2.45) is 7.05 Å². The summed E-state index contributed by atoms with van der Waals surface area (Å²) < 4.78 is 17.9. The number of ether oxygens (including phenoxy) is 3. The Morgan fingerprint density at radius 2 is 2.04 bits per heavy atom. The maximum atomic E-state index is 12.7. The van der Waals surface area contributed by atoms with E-state index in [0.717, 1.165) is 17.0 Å². The van der Waals surface area contributed by atoms with Gasteiger partial charge in [-0.2, -0.15) is 5.10 Å². The quantitative estimate of drug-likeness (QED) is 0.722. The molecule has 0 atom stereocenters. The summed E-state index contributed by atoms with van der Waals surface area (Å²) in [5.41, 5.74) is 1.98. The SMILES string of the molecule is COc1cccc(-c2cc(NC(=O)c3cc(Cl)c4c(c3)OCCO4)n(C)n2)c1. The van der Waals surface area contributed by atoms with Gasteiger partial charge in [-0.3, -0.25) is 9.48 Å². The minimum Gasteiger partial charge on any atom is -0.497 e. The van der Waals surface area contributed by atoms with Gasteiger partial charge in [0.1, 0.15) is 24.8 Å². The smallest absolute Gasteiger partial charge is 0.257 e. The van der Waals surface area contributed by atoms with Gasteiger partial charge in [-0.15, -0.1) is 0 Å². The number of hydrogen-bond donors (Lipinski definition) is 1. The van der Waals surface area contributed by atoms with Crippen LogP contribution in [0.3, 0.4) is 0 Å². The Hall–Kier alpha value is -3.19. The van der Waals surface area contributed by atoms with Gasteiger partial charge in [0.05, 0.1) is 17.8 Å². The molecule has 0 saturated heterocycles. The molecule has 0 spiro atoms. The number of rotatable bonds is 4. The second-order valence-electron chi connectivity index (χ2n) is 6.21. The Morgan fingerprint density at radius 1 is 1.21 bits per heavy atom. The molecule has 7 nitrogen and oxygen atoms in total. The molecule has 1 aliphatic heterocycles. The number of carbonyl (C=O) groups is 1. The van der Waals surface area contributed by atoms with Gasteiger partial charge in [-0.25, -0.2) is 0 Å². The Bertz CT molecular complexity index is 1050. The molecule has 0 aliphatic carbocycles. The van der Waals surface area contributed by atoms with E-state index in [1.165, 1.54) is 0 Å². The van der Waals surface area contributed by atoms with Gasteiger partial charge >= 0.3 is 0 Å². The van der Waals surface area contributed by atoms with Crippen LogP contribution in [0.15, 0.2) is 42.5 Å². The van der Waals surface area contributed by atoms with Crippen LogP contribution >= 0.6 is 11.6 Å². The van der Waals surface area contributed by atoms with E-state index in [9.17, 15) is 4.79 Å². The number of benzene rings is 2. The van der Waals surface area contributed by atoms with Crippen LogP contribution in [0.2, 0.25) is 5.02 Å². The van der Waals surface area contributed by atoms with E-state index in [-0.39, 0.29) is 5.91 Å². The predicted molar refractivity (Wildman–Crippen MR) is 106 cm³/mol. The molecule has 1 aromatic heterocycles. The highest BCUT2D eigenvalue weighted by molar-refractivity contribution is 6.32. The van der Waals surface area contributed by atoms with Crippen LogP contribution < -0.4 is 19.5 Å². The molecule has 0 saturated carbocycles. The van der Waals surface area contributed by atoms with Gasteiger partial charge < -0.3 is 19.5 Å². The van der Waals surface area contributed by atoms with Crippen molar-refractivity contribution in [3.05, 3.63) is 53.1 Å². The van der Waals surface area contributed by atoms with E-state index in [0.29, 0.717) is 41.1 Å². The molecule has 0 bridgehead atoms. The Kier molecular flexibility index (Phi) is 4.83. The lowest BCUT2D eigenvalue weighted by Gasteiger charge is -2.20. The monoisotopic (exact) mass is 399 g/mol. The number of carbonyl (C=O) groups excluding carboxylic acids is 1. The summed E-state index contributed by atoms with van der Waals surface area (Å²) in [5, 5.41) is 7.66. The summed E-state index contributed by atoms with van der Waals surface area (Å²) in [4.78, 5) is 12.7. The Balaban J connectivity index is 1.58. The highest BCUT2D eigenvalue weighted by Gasteiger charge is 2.20. The lowest BCUT2D eigenvalue weighted by atomic mass is 10.1. The topological polar surface area (TPSA) is 74.6 Å². The lowest BCUT2D eigenvalue weighted by Crippen LogP contribution is -2.18. The van der Waals surface area contributed by atoms with Gasteiger partial charge in [0.15, 0.2) is 11.5 Å². The second kappa shape index (κ2) is 7.44. The first kappa shape index (κ1) is 18.2. The number of aromatic nitrogens is 2. The zero-order chi connectivity index (χ0) is 19.7. The maximum Gasteiger partial charge on any atom is 0.257 e. The molecular weight excluding hydrogens is 382 g/mol. The summed E-state index contributed by atoms with van der Waals surface area (Å²) in [6, 6.07) is 12.5. The minimum atomic E-state index is -0.320. The largest absolute Gasteiger partial charge is 0.497 e. The molecule has 0 unspecified atom stereocenters. The third kappa shape index (κ3) is 3.48. The predicted octanol–water partition coefficient (Wildman–Crippen LogP) is 3.77. The lowest BCUT2D eigenvalue weighted by molar-refractivity contribution is 0.102. The first-order valence-electron chi connectivity index (χ1n) is 8.64. The molecule has 0 fully saturated rings. The Labute approximate surface area is 166 Å². The average molecular weight is 400 g/mol. The van der Waals surface area contributed by atoms with Crippen molar-refractivity contribution in [3.8, 4) is 28.5 Å². The molecule has 0 radical (unpaired) electrons. The summed E-state index contributed by atoms with van der Waals surface area (Å²) >= 11 is 6.22. The van der Waals surface area contributed by atoms with E-state index in [2.05, 4.69) is 10.4 Å². The van der Waals surface area contributed by atoms with Gasteiger partial charge in [0.2, 0.25) is 0 Å². The van der Waals surface area contributed by atoms with Crippen LogP contribution in [0.4, 0.5) is 5.82 Å². The summed E-state index contributed by atoms with van der Waals surface area (Å²) in [5.74, 6) is 1.89. The molecule has 8 heteroatoms. The van der Waals surface area contributed by atoms with Crippen LogP contribution in [0, 0.1) is 0 Å². The van der Waals surface area contributed by atoms with Crippen molar-refractivity contribution in [2.45, 2.75) is 0 Å². The molecule has 4 rings (SSSR count). The van der Waals surface area contributed by atoms with E-state index < -0.39 is 0 Å². The fraction of sp³-hybridized carbons (Fsp3) is 0.200. The summed E-state index contributed by atoms with van der Waals surface area (Å²) in [6.07, 6.45) is 0. The molecule has 1 aliphatic rings. The number of halogens is 1. The second-order valence-corrected chi connectivity index (χ2v) is 6.61. The third-order valence-corrected chi connectivity index (χ3v) is 4.63. The summed E-state index contributed by atoms with van der Waals surface area (Å²) in [7, 11) is 3.37. The van der Waals surface area contributed by atoms with E-state index in [1.54, 1.807) is 37.0 Å². The van der Waals surface area contributed by atoms with E-state index in [1.807, 2.05) is 24.3 Å². The first-order valence-corrected chi connectivity index (χ1v) is 9.02. The van der Waals surface area contributed by atoms with Crippen LogP contribution in [0.1, 0.15) is 10.4 Å². The zero-order valence-corrected chi connectivity index (χ0v) is 16.1. The Morgan fingerprint density at radius 3 is 2.86 bits per heavy atom. The minimum absolute atomic E-state index is 0.320. The average Bonchev–Trinajstić information content (AvgIpc) is 3.08. The number of aryl methyl sites for hydroxylation is 1. The summed E-state index contributed by atoms with van der Waals surface area (Å²) in [6.45, 7) is 0.848. The van der Waals surface area contributed by atoms with Crippen LogP contribution in [0.5, 0.6) is 17.2 Å². The van der Waals surface area contributed by atoms with Crippen molar-refractivity contribution < 1.29 is 19.0 Å². The van der Waals surface area contributed by atoms with Crippen molar-refractivity contribution in [1.82, 2.24) is 9.78 Å². The molecule has 1 amide bonds. The zero-order valence-electron chi connectivity index (χ0n) is 15.4. The fourth-order valence-corrected chi connectivity index (χ4v) is 3.20. The molecule has 28 heavy (non-hydrogen) atoms. The number of nitrogens with one attached hydrogen (secondary N) is 1. The molecule has 3 aromatic rings. The normalized spacial score (nSPS) is 12.5. The molecule has 1 N–H and O–H groups in total. The first-order chi connectivity index (χ1) is 13.5. The van der Waals surface area contributed by atoms with Gasteiger partial charge in [-0.05, 0) is 24.3 Å². The van der Waals surface area contributed by atoms with Crippen molar-refractivity contribution >= 4 is 23.3 Å². The van der Waals surface area contributed by atoms with Gasteiger partial charge in [0, 0.05) is 24.2 Å². The van der Waals surface area contributed by atoms with Gasteiger partial charge in [-0.1, -0.05) is 23.7 Å². The van der Waals surface area contributed by atoms with Crippen LogP contribution in [-0.2, 0) is 7.05 Å². The standard InChI is InChI=1S/C20H18ClN3O4/c1-24-18(11-16(23-24)12-4-3-5-14(8-12)26-2)22-20(25)13-9-15(21)19-17(10-13)27-6-7-28-19/h3-5,8-11H,6-7H2,1-2H3,(H,22,25). The van der Waals surface area contributed by atoms with E-state index >= 15 is 0 Å². The van der Waals surface area contributed by atoms with Gasteiger partial charge in [0.25, 0.3) is 5.91 Å². The molecule has 2 aromatic carbocycles. The van der Waals surface area contributed by atoms with Crippen molar-refractivity contribution in [1.29, 1.82) is 0 Å². The maximum absolute atomic E-state index is 12.7. The molecule has 144 valence electrons. The number of methoxy groups -OCH3 is 1. The number of hydrogen-bond acceptors (Lipinski definition) is 5. The molecule has 2 heterocycles. The molecular formula is C20H18ClN3O4. The highest BCUT2D eigenvalue weighted by atomic mass is 35.5. The van der Waals surface area contributed by atoms with E-state index in [4.69, 9.17) is 25.8 Å². The number of nitrogens with zero attached hydrogens (tertiary/aromatic N) is 2. The fourth-order valence-electron chi connectivity index (χ4n) is 2.94. The highest BCUT2D eigenvalue weighted by Crippen LogP contribution is 2.38. The number of fused-ring (bicyclic) bond motifs is 1. The van der Waals surface area contributed by atoms with Crippen molar-refractivity contribution in [3.63, 3.8) is 0 Å². The van der Waals surface area contributed by atoms with Crippen molar-refractivity contribution in [2.75, 3.05) is 25.6 Å². The van der Waals surface area contributed by atoms with Crippen LogP contribution in [0.25, 0.3) is 11.3 Å². The number of amides is 1. The van der Waals surface area contributed by atoms with Crippen LogP contribution in [-0.4, -0.2) is 36.0 Å². The number of anilines is 1.